The van der Waals surface area contributed by atoms with E-state index in [1.165, 1.54) is 30.3 Å². The number of aromatic nitrogens is 2. The number of sulfonamides is 1. The zero-order valence-corrected chi connectivity index (χ0v) is 18.7. The van der Waals surface area contributed by atoms with Crippen LogP contribution in [0, 0.1) is 0 Å². The molecule has 4 rings (SSSR count). The standard InChI is InChI=1S/C20H20N4O6S2/c1-2-29-20(26)13-5-7-15(8-6-13)23-32(27,28)16-11-14(12-31-16)17-21-22-18(30-17)19(25)24-9-3-4-10-24/h5-8,11-12,23H,2-4,9-10H2,1H3. The minimum absolute atomic E-state index is 0.0348. The third-order valence-corrected chi connectivity index (χ3v) is 7.56. The van der Waals surface area contributed by atoms with Crippen LogP contribution in [0.3, 0.4) is 0 Å². The monoisotopic (exact) mass is 476 g/mol. The molecule has 0 saturated carbocycles. The number of ether oxygens (including phenoxy) is 1. The van der Waals surface area contributed by atoms with E-state index in [1.807, 2.05) is 0 Å². The summed E-state index contributed by atoms with van der Waals surface area (Å²) < 4.78 is 38.4. The third-order valence-electron chi connectivity index (χ3n) is 4.74. The Morgan fingerprint density at radius 3 is 2.59 bits per heavy atom. The summed E-state index contributed by atoms with van der Waals surface area (Å²) in [5.41, 5.74) is 1.02. The van der Waals surface area contributed by atoms with Gasteiger partial charge < -0.3 is 14.1 Å². The second kappa shape index (κ2) is 9.09. The molecule has 12 heteroatoms. The highest BCUT2D eigenvalue weighted by molar-refractivity contribution is 7.94. The summed E-state index contributed by atoms with van der Waals surface area (Å²) in [5, 5.41) is 9.25. The lowest BCUT2D eigenvalue weighted by Crippen LogP contribution is -2.27. The predicted octanol–water partition coefficient (Wildman–Crippen LogP) is 3.01. The first-order valence-corrected chi connectivity index (χ1v) is 12.3. The number of hydrogen-bond acceptors (Lipinski definition) is 9. The van der Waals surface area contributed by atoms with Crippen molar-refractivity contribution in [2.24, 2.45) is 0 Å². The number of nitrogens with zero attached hydrogens (tertiary/aromatic N) is 3. The van der Waals surface area contributed by atoms with Gasteiger partial charge in [-0.15, -0.1) is 21.5 Å². The maximum absolute atomic E-state index is 12.7. The summed E-state index contributed by atoms with van der Waals surface area (Å²) in [6.07, 6.45) is 1.88. The lowest BCUT2D eigenvalue weighted by Gasteiger charge is -2.11. The first kappa shape index (κ1) is 22.0. The van der Waals surface area contributed by atoms with Gasteiger partial charge in [0, 0.05) is 24.2 Å². The van der Waals surface area contributed by atoms with Crippen molar-refractivity contribution in [2.75, 3.05) is 24.4 Å². The molecule has 1 aliphatic heterocycles. The molecule has 0 spiro atoms. The molecular formula is C20H20N4O6S2. The largest absolute Gasteiger partial charge is 0.462 e. The van der Waals surface area contributed by atoms with Crippen LogP contribution in [0.4, 0.5) is 5.69 Å². The second-order valence-electron chi connectivity index (χ2n) is 6.97. The fourth-order valence-corrected chi connectivity index (χ4v) is 5.36. The SMILES string of the molecule is CCOC(=O)c1ccc(NS(=O)(=O)c2cc(-c3nnc(C(=O)N4CCCC4)o3)cs2)cc1. The third kappa shape index (κ3) is 4.65. The van der Waals surface area contributed by atoms with Crippen LogP contribution in [-0.4, -0.2) is 55.1 Å². The Labute approximate surface area is 188 Å². The number of benzene rings is 1. The van der Waals surface area contributed by atoms with E-state index in [4.69, 9.17) is 9.15 Å². The highest BCUT2D eigenvalue weighted by atomic mass is 32.2. The quantitative estimate of drug-likeness (QED) is 0.515. The smallest absolute Gasteiger partial charge is 0.338 e. The lowest BCUT2D eigenvalue weighted by molar-refractivity contribution is 0.0526. The molecule has 1 aromatic carbocycles. The molecule has 0 radical (unpaired) electrons. The highest BCUT2D eigenvalue weighted by Crippen LogP contribution is 2.29. The number of rotatable bonds is 7. The van der Waals surface area contributed by atoms with E-state index in [-0.39, 0.29) is 28.5 Å². The molecule has 1 fully saturated rings. The van der Waals surface area contributed by atoms with Gasteiger partial charge in [0.15, 0.2) is 0 Å². The van der Waals surface area contributed by atoms with Crippen LogP contribution in [0.1, 0.15) is 40.8 Å². The number of carbonyl (C=O) groups is 2. The van der Waals surface area contributed by atoms with Gasteiger partial charge in [0.05, 0.1) is 17.7 Å². The van der Waals surface area contributed by atoms with Crippen LogP contribution in [0.25, 0.3) is 11.5 Å². The van der Waals surface area contributed by atoms with Crippen molar-refractivity contribution < 1.29 is 27.2 Å². The van der Waals surface area contributed by atoms with Gasteiger partial charge in [-0.1, -0.05) is 0 Å². The highest BCUT2D eigenvalue weighted by Gasteiger charge is 2.26. The van der Waals surface area contributed by atoms with Crippen LogP contribution in [0.5, 0.6) is 0 Å². The van der Waals surface area contributed by atoms with E-state index in [1.54, 1.807) is 17.2 Å². The molecule has 3 aromatic rings. The van der Waals surface area contributed by atoms with Gasteiger partial charge in [-0.25, -0.2) is 13.2 Å². The van der Waals surface area contributed by atoms with E-state index in [0.717, 1.165) is 24.2 Å². The van der Waals surface area contributed by atoms with Gasteiger partial charge in [0.2, 0.25) is 5.89 Å². The van der Waals surface area contributed by atoms with Crippen molar-refractivity contribution in [3.8, 4) is 11.5 Å². The van der Waals surface area contributed by atoms with Crippen LogP contribution >= 0.6 is 11.3 Å². The number of carbonyl (C=O) groups excluding carboxylic acids is 2. The molecule has 1 amide bonds. The zero-order valence-electron chi connectivity index (χ0n) is 17.1. The summed E-state index contributed by atoms with van der Waals surface area (Å²) >= 11 is 0.980. The number of thiophene rings is 1. The molecule has 10 nitrogen and oxygen atoms in total. The number of nitrogens with one attached hydrogen (secondary N) is 1. The average Bonchev–Trinajstić information content (AvgIpc) is 3.55. The van der Waals surface area contributed by atoms with E-state index in [0.29, 0.717) is 29.9 Å². The number of hydrogen-bond donors (Lipinski definition) is 1. The van der Waals surface area contributed by atoms with Crippen molar-refractivity contribution in [3.05, 3.63) is 47.2 Å². The number of anilines is 1. The fraction of sp³-hybridized carbons (Fsp3) is 0.300. The summed E-state index contributed by atoms with van der Waals surface area (Å²) in [6, 6.07) is 7.32. The minimum Gasteiger partial charge on any atom is -0.462 e. The summed E-state index contributed by atoms with van der Waals surface area (Å²) in [6.45, 7) is 3.27. The molecule has 1 saturated heterocycles. The van der Waals surface area contributed by atoms with Crippen LogP contribution in [-0.2, 0) is 14.8 Å². The van der Waals surface area contributed by atoms with Crippen LogP contribution in [0.2, 0.25) is 0 Å². The Balaban J connectivity index is 1.47. The topological polar surface area (TPSA) is 132 Å². The molecule has 32 heavy (non-hydrogen) atoms. The van der Waals surface area contributed by atoms with Gasteiger partial charge in [-0.05, 0) is 50.1 Å². The molecule has 0 bridgehead atoms. The molecule has 3 heterocycles. The Bertz CT molecular complexity index is 1230. The van der Waals surface area contributed by atoms with Crippen molar-refractivity contribution in [3.63, 3.8) is 0 Å². The van der Waals surface area contributed by atoms with Gasteiger partial charge in [-0.2, -0.15) is 0 Å². The maximum atomic E-state index is 12.7. The van der Waals surface area contributed by atoms with Crippen LogP contribution < -0.4 is 4.72 Å². The van der Waals surface area contributed by atoms with E-state index in [2.05, 4.69) is 14.9 Å². The molecule has 2 aromatic heterocycles. The first-order chi connectivity index (χ1) is 15.4. The number of amides is 1. The van der Waals surface area contributed by atoms with Crippen molar-refractivity contribution in [2.45, 2.75) is 24.0 Å². The molecule has 0 atom stereocenters. The van der Waals surface area contributed by atoms with Gasteiger partial charge in [0.1, 0.15) is 4.21 Å². The number of esters is 1. The molecule has 0 aliphatic carbocycles. The van der Waals surface area contributed by atoms with Gasteiger partial charge in [0.25, 0.3) is 10.0 Å². The maximum Gasteiger partial charge on any atom is 0.338 e. The minimum atomic E-state index is -3.88. The molecular weight excluding hydrogens is 456 g/mol. The summed E-state index contributed by atoms with van der Waals surface area (Å²) in [7, 11) is -3.88. The van der Waals surface area contributed by atoms with Crippen molar-refractivity contribution >= 4 is 38.9 Å². The summed E-state index contributed by atoms with van der Waals surface area (Å²) in [4.78, 5) is 25.7. The summed E-state index contributed by atoms with van der Waals surface area (Å²) in [5.74, 6) is -0.842. The molecule has 168 valence electrons. The molecule has 1 N–H and O–H groups in total. The predicted molar refractivity (Wildman–Crippen MR) is 116 cm³/mol. The molecule has 0 unspecified atom stereocenters. The Hall–Kier alpha value is -3.25. The van der Waals surface area contributed by atoms with Crippen molar-refractivity contribution in [1.29, 1.82) is 0 Å². The Morgan fingerprint density at radius 1 is 1.19 bits per heavy atom. The fourth-order valence-electron chi connectivity index (χ4n) is 3.15. The van der Waals surface area contributed by atoms with Crippen molar-refractivity contribution in [1.82, 2.24) is 15.1 Å². The van der Waals surface area contributed by atoms with E-state index < -0.39 is 16.0 Å². The Kier molecular flexibility index (Phi) is 6.24. The second-order valence-corrected chi connectivity index (χ2v) is 9.79. The van der Waals surface area contributed by atoms with Gasteiger partial charge in [-0.3, -0.25) is 9.52 Å². The van der Waals surface area contributed by atoms with E-state index >= 15 is 0 Å². The first-order valence-electron chi connectivity index (χ1n) is 9.89. The number of likely N-dealkylation sites (tertiary alicyclic amines) is 1. The van der Waals surface area contributed by atoms with Crippen LogP contribution in [0.15, 0.2) is 44.3 Å². The molecule has 1 aliphatic rings. The zero-order chi connectivity index (χ0) is 22.7. The van der Waals surface area contributed by atoms with E-state index in [9.17, 15) is 18.0 Å². The Morgan fingerprint density at radius 2 is 1.91 bits per heavy atom. The average molecular weight is 477 g/mol. The lowest BCUT2D eigenvalue weighted by atomic mass is 10.2. The van der Waals surface area contributed by atoms with Gasteiger partial charge >= 0.3 is 17.8 Å². The normalized spacial score (nSPS) is 13.8.